The number of rotatable bonds is 5. The van der Waals surface area contributed by atoms with Gasteiger partial charge in [0, 0.05) is 18.5 Å². The zero-order valence-electron chi connectivity index (χ0n) is 15.9. The molecule has 0 radical (unpaired) electrons. The van der Waals surface area contributed by atoms with E-state index in [9.17, 15) is 9.18 Å². The van der Waals surface area contributed by atoms with Crippen LogP contribution in [0.2, 0.25) is 0 Å². The summed E-state index contributed by atoms with van der Waals surface area (Å²) >= 11 is 0. The number of nitrogens with zero attached hydrogens (tertiary/aromatic N) is 2. The van der Waals surface area contributed by atoms with E-state index in [1.165, 1.54) is 6.07 Å². The van der Waals surface area contributed by atoms with Gasteiger partial charge in [0.25, 0.3) is 5.91 Å². The monoisotopic (exact) mass is 415 g/mol. The molecule has 3 aromatic rings. The van der Waals surface area contributed by atoms with Crippen molar-refractivity contribution in [2.75, 3.05) is 13.1 Å². The zero-order valence-corrected chi connectivity index (χ0v) is 16.8. The van der Waals surface area contributed by atoms with E-state index >= 15 is 0 Å². The molecular weight excluding hydrogens is 393 g/mol. The summed E-state index contributed by atoms with van der Waals surface area (Å²) in [7, 11) is 0. The van der Waals surface area contributed by atoms with Crippen LogP contribution in [0.3, 0.4) is 0 Å². The number of halogens is 2. The smallest absolute Gasteiger partial charge is 0.257 e. The molecule has 0 bridgehead atoms. The van der Waals surface area contributed by atoms with Crippen LogP contribution in [0.1, 0.15) is 33.8 Å². The van der Waals surface area contributed by atoms with E-state index in [-0.39, 0.29) is 23.9 Å². The number of benzene rings is 2. The van der Waals surface area contributed by atoms with Crippen molar-refractivity contribution >= 4 is 18.3 Å². The summed E-state index contributed by atoms with van der Waals surface area (Å²) in [5.41, 5.74) is 8.20. The molecule has 0 unspecified atom stereocenters. The third-order valence-electron chi connectivity index (χ3n) is 4.97. The Hall–Kier alpha value is -2.70. The number of nitrogens with two attached hydrogens (primary N) is 1. The second-order valence-electron chi connectivity index (χ2n) is 6.94. The third kappa shape index (κ3) is 4.49. The maximum absolute atomic E-state index is 14.3. The van der Waals surface area contributed by atoms with Crippen molar-refractivity contribution in [2.24, 2.45) is 5.73 Å². The molecule has 0 saturated heterocycles. The van der Waals surface area contributed by atoms with Gasteiger partial charge in [-0.05, 0) is 49.2 Å². The molecule has 2 N–H and O–H groups in total. The molecular formula is C22H23ClFN3O2. The van der Waals surface area contributed by atoms with Gasteiger partial charge < -0.3 is 15.1 Å². The van der Waals surface area contributed by atoms with Crippen molar-refractivity contribution in [3.63, 3.8) is 0 Å². The van der Waals surface area contributed by atoms with E-state index < -0.39 is 5.82 Å². The Morgan fingerprint density at radius 1 is 1.21 bits per heavy atom. The number of aromatic nitrogens is 1. The molecule has 5 nitrogen and oxygen atoms in total. The average Bonchev–Trinajstić information content (AvgIpc) is 3.17. The van der Waals surface area contributed by atoms with Crippen LogP contribution in [0.4, 0.5) is 4.39 Å². The van der Waals surface area contributed by atoms with E-state index in [1.54, 1.807) is 17.0 Å². The number of hydrogen-bond acceptors (Lipinski definition) is 4. The molecule has 7 heteroatoms. The highest BCUT2D eigenvalue weighted by atomic mass is 35.5. The van der Waals surface area contributed by atoms with Crippen molar-refractivity contribution < 1.29 is 13.6 Å². The van der Waals surface area contributed by atoms with Crippen LogP contribution in [0.15, 0.2) is 52.9 Å². The Kier molecular flexibility index (Phi) is 6.67. The van der Waals surface area contributed by atoms with E-state index in [4.69, 9.17) is 10.2 Å². The highest BCUT2D eigenvalue weighted by Crippen LogP contribution is 2.27. The molecule has 0 atom stereocenters. The number of amides is 1. The van der Waals surface area contributed by atoms with Crippen LogP contribution < -0.4 is 5.73 Å². The van der Waals surface area contributed by atoms with E-state index in [0.717, 1.165) is 35.4 Å². The standard InChI is InChI=1S/C22H22FN3O2.ClH/c23-18-9-8-15(5-4-11-24)13-17(18)22(27)26-12-10-20-19(14-26)25-21(28-20)16-6-2-1-3-7-16;/h1-3,6-9,13H,4-5,10-12,14,24H2;1H. The van der Waals surface area contributed by atoms with E-state index in [0.29, 0.717) is 31.9 Å². The largest absolute Gasteiger partial charge is 0.441 e. The van der Waals surface area contributed by atoms with Crippen molar-refractivity contribution in [3.8, 4) is 11.5 Å². The zero-order chi connectivity index (χ0) is 19.5. The predicted octanol–water partition coefficient (Wildman–Crippen LogP) is 3.99. The Bertz CT molecular complexity index is 991. The first-order valence-corrected chi connectivity index (χ1v) is 9.47. The minimum absolute atomic E-state index is 0. The van der Waals surface area contributed by atoms with Gasteiger partial charge in [0.05, 0.1) is 12.1 Å². The number of hydrogen-bond donors (Lipinski definition) is 1. The van der Waals surface area contributed by atoms with Gasteiger partial charge in [0.1, 0.15) is 17.3 Å². The first-order valence-electron chi connectivity index (χ1n) is 9.47. The molecule has 2 aromatic carbocycles. The fraction of sp³-hybridized carbons (Fsp3) is 0.273. The maximum atomic E-state index is 14.3. The van der Waals surface area contributed by atoms with Crippen LogP contribution in [-0.2, 0) is 19.4 Å². The molecule has 1 aliphatic heterocycles. The number of carbonyl (C=O) groups is 1. The minimum Gasteiger partial charge on any atom is -0.441 e. The third-order valence-corrected chi connectivity index (χ3v) is 4.97. The normalized spacial score (nSPS) is 13.0. The van der Waals surface area contributed by atoms with Crippen molar-refractivity contribution in [1.82, 2.24) is 9.88 Å². The van der Waals surface area contributed by atoms with Gasteiger partial charge in [-0.15, -0.1) is 12.4 Å². The molecule has 29 heavy (non-hydrogen) atoms. The van der Waals surface area contributed by atoms with Gasteiger partial charge in [-0.3, -0.25) is 4.79 Å². The Balaban J connectivity index is 0.00000240. The lowest BCUT2D eigenvalue weighted by Crippen LogP contribution is -2.36. The fourth-order valence-electron chi connectivity index (χ4n) is 3.44. The quantitative estimate of drug-likeness (QED) is 0.683. The Morgan fingerprint density at radius 3 is 2.76 bits per heavy atom. The highest BCUT2D eigenvalue weighted by molar-refractivity contribution is 5.94. The second-order valence-corrected chi connectivity index (χ2v) is 6.94. The van der Waals surface area contributed by atoms with E-state index in [1.807, 2.05) is 30.3 Å². The lowest BCUT2D eigenvalue weighted by molar-refractivity contribution is 0.0723. The summed E-state index contributed by atoms with van der Waals surface area (Å²) in [4.78, 5) is 19.1. The van der Waals surface area contributed by atoms with E-state index in [2.05, 4.69) is 4.98 Å². The topological polar surface area (TPSA) is 72.4 Å². The number of carbonyl (C=O) groups excluding carboxylic acids is 1. The summed E-state index contributed by atoms with van der Waals surface area (Å²) in [6.45, 7) is 1.35. The first kappa shape index (κ1) is 21.0. The molecule has 1 amide bonds. The predicted molar refractivity (Wildman–Crippen MR) is 111 cm³/mol. The first-order chi connectivity index (χ1) is 13.7. The maximum Gasteiger partial charge on any atom is 0.257 e. The van der Waals surface area contributed by atoms with Gasteiger partial charge in [0.2, 0.25) is 5.89 Å². The summed E-state index contributed by atoms with van der Waals surface area (Å²) in [5.74, 6) is 0.523. The van der Waals surface area contributed by atoms with Crippen LogP contribution in [0, 0.1) is 5.82 Å². The Morgan fingerprint density at radius 2 is 2.00 bits per heavy atom. The van der Waals surface area contributed by atoms with Gasteiger partial charge >= 0.3 is 0 Å². The summed E-state index contributed by atoms with van der Waals surface area (Å²) in [6, 6.07) is 14.4. The van der Waals surface area contributed by atoms with Crippen LogP contribution >= 0.6 is 12.4 Å². The second kappa shape index (κ2) is 9.20. The van der Waals surface area contributed by atoms with Gasteiger partial charge in [-0.25, -0.2) is 9.37 Å². The fourth-order valence-corrected chi connectivity index (χ4v) is 3.44. The van der Waals surface area contributed by atoms with Crippen LogP contribution in [-0.4, -0.2) is 28.9 Å². The molecule has 2 heterocycles. The molecule has 1 aliphatic rings. The SMILES string of the molecule is Cl.NCCCc1ccc(F)c(C(=O)N2CCc3oc(-c4ccccc4)nc3C2)c1. The molecule has 1 aromatic heterocycles. The highest BCUT2D eigenvalue weighted by Gasteiger charge is 2.28. The molecule has 0 spiro atoms. The molecule has 0 fully saturated rings. The Labute approximate surface area is 175 Å². The molecule has 0 aliphatic carbocycles. The molecule has 4 rings (SSSR count). The number of oxazole rings is 1. The molecule has 0 saturated carbocycles. The van der Waals surface area contributed by atoms with Gasteiger partial charge in [0.15, 0.2) is 0 Å². The van der Waals surface area contributed by atoms with Gasteiger partial charge in [-0.1, -0.05) is 24.3 Å². The lowest BCUT2D eigenvalue weighted by atomic mass is 10.0. The van der Waals surface area contributed by atoms with Crippen LogP contribution in [0.5, 0.6) is 0 Å². The number of aryl methyl sites for hydroxylation is 1. The summed E-state index contributed by atoms with van der Waals surface area (Å²) in [5, 5.41) is 0. The lowest BCUT2D eigenvalue weighted by Gasteiger charge is -2.25. The van der Waals surface area contributed by atoms with Crippen molar-refractivity contribution in [3.05, 3.63) is 76.9 Å². The average molecular weight is 416 g/mol. The van der Waals surface area contributed by atoms with Crippen molar-refractivity contribution in [1.29, 1.82) is 0 Å². The van der Waals surface area contributed by atoms with Gasteiger partial charge in [-0.2, -0.15) is 0 Å². The minimum atomic E-state index is -0.502. The summed E-state index contributed by atoms with van der Waals surface area (Å²) < 4.78 is 20.2. The number of fused-ring (bicyclic) bond motifs is 1. The van der Waals surface area contributed by atoms with Crippen molar-refractivity contribution in [2.45, 2.75) is 25.8 Å². The summed E-state index contributed by atoms with van der Waals surface area (Å²) in [6.07, 6.45) is 2.09. The van der Waals surface area contributed by atoms with Crippen LogP contribution in [0.25, 0.3) is 11.5 Å². The molecule has 152 valence electrons.